The Morgan fingerprint density at radius 1 is 1.30 bits per heavy atom. The molecule has 1 aliphatic heterocycles. The standard InChI is InChI=1S/C19H34N2O2/c1-5-9-17(15(4)23-6-2)20-14(3)19(22)21-13-12-16-10-7-8-11-18(16)21/h14,16-18,20H,4-13H2,1-3H3. The van der Waals surface area contributed by atoms with Crippen LogP contribution in [0.4, 0.5) is 0 Å². The first kappa shape index (κ1) is 18.3. The SMILES string of the molecule is C=C(OCC)C(CCC)NC(C)C(=O)N1CCC2CCCCC21. The van der Waals surface area contributed by atoms with Gasteiger partial charge in [-0.25, -0.2) is 0 Å². The zero-order valence-electron chi connectivity index (χ0n) is 15.1. The fourth-order valence-electron chi connectivity index (χ4n) is 4.21. The van der Waals surface area contributed by atoms with Crippen LogP contribution in [0.25, 0.3) is 0 Å². The van der Waals surface area contributed by atoms with E-state index in [0.29, 0.717) is 12.6 Å². The molecule has 0 aromatic rings. The highest BCUT2D eigenvalue weighted by molar-refractivity contribution is 5.82. The lowest BCUT2D eigenvalue weighted by Crippen LogP contribution is -2.51. The van der Waals surface area contributed by atoms with E-state index in [0.717, 1.165) is 31.1 Å². The number of ether oxygens (including phenoxy) is 1. The maximum atomic E-state index is 12.9. The van der Waals surface area contributed by atoms with Crippen LogP contribution in [0.3, 0.4) is 0 Å². The summed E-state index contributed by atoms with van der Waals surface area (Å²) in [5, 5.41) is 3.46. The highest BCUT2D eigenvalue weighted by Crippen LogP contribution is 2.36. The molecular formula is C19H34N2O2. The molecule has 0 aromatic carbocycles. The molecule has 1 saturated heterocycles. The first-order chi connectivity index (χ1) is 11.1. The summed E-state index contributed by atoms with van der Waals surface area (Å²) in [5.41, 5.74) is 0. The molecule has 1 heterocycles. The Morgan fingerprint density at radius 3 is 2.74 bits per heavy atom. The molecular weight excluding hydrogens is 288 g/mol. The Labute approximate surface area is 141 Å². The Morgan fingerprint density at radius 2 is 2.04 bits per heavy atom. The molecule has 4 unspecified atom stereocenters. The number of carbonyl (C=O) groups excluding carboxylic acids is 1. The molecule has 2 aliphatic rings. The topological polar surface area (TPSA) is 41.6 Å². The Balaban J connectivity index is 1.94. The Bertz CT molecular complexity index is 410. The minimum atomic E-state index is -0.176. The zero-order chi connectivity index (χ0) is 16.8. The van der Waals surface area contributed by atoms with Crippen LogP contribution in [0.5, 0.6) is 0 Å². The number of carbonyl (C=O) groups is 1. The van der Waals surface area contributed by atoms with Gasteiger partial charge in [0.15, 0.2) is 0 Å². The van der Waals surface area contributed by atoms with Gasteiger partial charge in [0.05, 0.1) is 18.7 Å². The minimum absolute atomic E-state index is 0.0589. The van der Waals surface area contributed by atoms with Gasteiger partial charge in [0.2, 0.25) is 5.91 Å². The van der Waals surface area contributed by atoms with Crippen LogP contribution in [-0.4, -0.2) is 42.1 Å². The van der Waals surface area contributed by atoms with Crippen LogP contribution < -0.4 is 5.32 Å². The molecule has 4 atom stereocenters. The second kappa shape index (κ2) is 8.72. The van der Waals surface area contributed by atoms with Crippen LogP contribution in [0.1, 0.15) is 65.7 Å². The third-order valence-electron chi connectivity index (χ3n) is 5.41. The fourth-order valence-corrected chi connectivity index (χ4v) is 4.21. The zero-order valence-corrected chi connectivity index (χ0v) is 15.1. The molecule has 0 bridgehead atoms. The van der Waals surface area contributed by atoms with Crippen molar-refractivity contribution in [2.45, 2.75) is 83.8 Å². The fraction of sp³-hybridized carbons (Fsp3) is 0.842. The van der Waals surface area contributed by atoms with E-state index in [2.05, 4.69) is 23.7 Å². The third kappa shape index (κ3) is 4.50. The highest BCUT2D eigenvalue weighted by atomic mass is 16.5. The van der Waals surface area contributed by atoms with Crippen LogP contribution in [0.2, 0.25) is 0 Å². The largest absolute Gasteiger partial charge is 0.497 e. The summed E-state index contributed by atoms with van der Waals surface area (Å²) in [6.07, 6.45) is 8.27. The summed E-state index contributed by atoms with van der Waals surface area (Å²) in [4.78, 5) is 15.1. The summed E-state index contributed by atoms with van der Waals surface area (Å²) < 4.78 is 5.57. The van der Waals surface area contributed by atoms with Gasteiger partial charge in [-0.05, 0) is 45.4 Å². The smallest absolute Gasteiger partial charge is 0.239 e. The first-order valence-corrected chi connectivity index (χ1v) is 9.46. The normalized spacial score (nSPS) is 26.5. The molecule has 2 rings (SSSR count). The average Bonchev–Trinajstić information content (AvgIpc) is 2.97. The first-order valence-electron chi connectivity index (χ1n) is 9.46. The van der Waals surface area contributed by atoms with Gasteiger partial charge >= 0.3 is 0 Å². The molecule has 1 saturated carbocycles. The lowest BCUT2D eigenvalue weighted by Gasteiger charge is -2.34. The van der Waals surface area contributed by atoms with Crippen molar-refractivity contribution >= 4 is 5.91 Å². The van der Waals surface area contributed by atoms with Crippen molar-refractivity contribution in [1.82, 2.24) is 10.2 Å². The molecule has 4 nitrogen and oxygen atoms in total. The van der Waals surface area contributed by atoms with Crippen LogP contribution in [0.15, 0.2) is 12.3 Å². The lowest BCUT2D eigenvalue weighted by molar-refractivity contribution is -0.134. The number of fused-ring (bicyclic) bond motifs is 1. The Kier molecular flexibility index (Phi) is 6.94. The van der Waals surface area contributed by atoms with E-state index in [9.17, 15) is 4.79 Å². The number of hydrogen-bond acceptors (Lipinski definition) is 3. The van der Waals surface area contributed by atoms with Gasteiger partial charge in [-0.3, -0.25) is 10.1 Å². The minimum Gasteiger partial charge on any atom is -0.497 e. The van der Waals surface area contributed by atoms with Crippen molar-refractivity contribution in [3.63, 3.8) is 0 Å². The molecule has 0 spiro atoms. The number of nitrogens with one attached hydrogen (secondary N) is 1. The molecule has 23 heavy (non-hydrogen) atoms. The van der Waals surface area contributed by atoms with Crippen molar-refractivity contribution in [3.8, 4) is 0 Å². The molecule has 1 amide bonds. The molecule has 1 aliphatic carbocycles. The number of rotatable bonds is 8. The molecule has 0 aromatic heterocycles. The second-order valence-corrected chi connectivity index (χ2v) is 7.06. The Hall–Kier alpha value is -1.03. The molecule has 0 radical (unpaired) electrons. The molecule has 4 heteroatoms. The number of hydrogen-bond donors (Lipinski definition) is 1. The van der Waals surface area contributed by atoms with E-state index < -0.39 is 0 Å². The van der Waals surface area contributed by atoms with Crippen LogP contribution >= 0.6 is 0 Å². The van der Waals surface area contributed by atoms with E-state index in [1.165, 1.54) is 32.1 Å². The van der Waals surface area contributed by atoms with Gasteiger partial charge in [-0.1, -0.05) is 32.8 Å². The quantitative estimate of drug-likeness (QED) is 0.696. The van der Waals surface area contributed by atoms with Crippen molar-refractivity contribution < 1.29 is 9.53 Å². The monoisotopic (exact) mass is 322 g/mol. The number of nitrogens with zero attached hydrogens (tertiary/aromatic N) is 1. The van der Waals surface area contributed by atoms with Crippen molar-refractivity contribution in [2.24, 2.45) is 5.92 Å². The van der Waals surface area contributed by atoms with Crippen molar-refractivity contribution in [1.29, 1.82) is 0 Å². The lowest BCUT2D eigenvalue weighted by atomic mass is 9.85. The van der Waals surface area contributed by atoms with Gasteiger partial charge in [0.25, 0.3) is 0 Å². The predicted molar refractivity (Wildman–Crippen MR) is 94.1 cm³/mol. The van der Waals surface area contributed by atoms with E-state index in [4.69, 9.17) is 4.74 Å². The summed E-state index contributed by atoms with van der Waals surface area (Å²) in [6, 6.07) is 0.369. The van der Waals surface area contributed by atoms with E-state index in [1.807, 2.05) is 13.8 Å². The van der Waals surface area contributed by atoms with Crippen LogP contribution in [-0.2, 0) is 9.53 Å². The highest BCUT2D eigenvalue weighted by Gasteiger charge is 2.39. The van der Waals surface area contributed by atoms with Crippen molar-refractivity contribution in [3.05, 3.63) is 12.3 Å². The van der Waals surface area contributed by atoms with E-state index in [1.54, 1.807) is 0 Å². The van der Waals surface area contributed by atoms with Gasteiger partial charge in [0, 0.05) is 12.6 Å². The maximum absolute atomic E-state index is 12.9. The summed E-state index contributed by atoms with van der Waals surface area (Å²) in [6.45, 7) is 11.7. The molecule has 132 valence electrons. The summed E-state index contributed by atoms with van der Waals surface area (Å²) in [7, 11) is 0. The average molecular weight is 322 g/mol. The van der Waals surface area contributed by atoms with Gasteiger partial charge in [-0.15, -0.1) is 0 Å². The van der Waals surface area contributed by atoms with Crippen LogP contribution in [0, 0.1) is 5.92 Å². The van der Waals surface area contributed by atoms with Gasteiger partial charge < -0.3 is 9.64 Å². The number of likely N-dealkylation sites (tertiary alicyclic amines) is 1. The third-order valence-corrected chi connectivity index (χ3v) is 5.41. The molecule has 1 N–H and O–H groups in total. The number of amides is 1. The summed E-state index contributed by atoms with van der Waals surface area (Å²) in [5.74, 6) is 1.75. The van der Waals surface area contributed by atoms with Gasteiger partial charge in [-0.2, -0.15) is 0 Å². The van der Waals surface area contributed by atoms with E-state index in [-0.39, 0.29) is 18.0 Å². The molecule has 2 fully saturated rings. The summed E-state index contributed by atoms with van der Waals surface area (Å²) >= 11 is 0. The van der Waals surface area contributed by atoms with E-state index >= 15 is 0 Å². The van der Waals surface area contributed by atoms with Gasteiger partial charge in [0.1, 0.15) is 5.76 Å². The second-order valence-electron chi connectivity index (χ2n) is 7.06. The predicted octanol–water partition coefficient (Wildman–Crippen LogP) is 3.47. The van der Waals surface area contributed by atoms with Crippen molar-refractivity contribution in [2.75, 3.05) is 13.2 Å². The maximum Gasteiger partial charge on any atom is 0.239 e.